The molecule has 74 valence electrons. The summed E-state index contributed by atoms with van der Waals surface area (Å²) in [6.45, 7) is 1.79. The molecule has 4 N–H and O–H groups in total. The smallest absolute Gasteiger partial charge is 0.338 e. The van der Waals surface area contributed by atoms with Gasteiger partial charge in [0.1, 0.15) is 6.61 Å². The van der Waals surface area contributed by atoms with Crippen LogP contribution >= 0.6 is 8.25 Å². The normalized spacial score (nSPS) is 18.3. The van der Waals surface area contributed by atoms with Gasteiger partial charge in [0.2, 0.25) is 5.96 Å². The van der Waals surface area contributed by atoms with E-state index in [1.54, 1.807) is 4.90 Å². The summed E-state index contributed by atoms with van der Waals surface area (Å²) in [5, 5.41) is 8.75. The van der Waals surface area contributed by atoms with E-state index in [9.17, 15) is 4.57 Å². The fourth-order valence-electron chi connectivity index (χ4n) is 1.07. The monoisotopic (exact) mass is 207 g/mol. The maximum Gasteiger partial charge on any atom is 0.694 e. The van der Waals surface area contributed by atoms with Crippen molar-refractivity contribution >= 4 is 14.2 Å². The van der Waals surface area contributed by atoms with Gasteiger partial charge in [0.15, 0.2) is 0 Å². The zero-order chi connectivity index (χ0) is 9.84. The molecule has 1 unspecified atom stereocenters. The Morgan fingerprint density at radius 2 is 2.38 bits per heavy atom. The van der Waals surface area contributed by atoms with Crippen molar-refractivity contribution in [1.29, 1.82) is 5.41 Å². The fourth-order valence-corrected chi connectivity index (χ4v) is 1.31. The lowest BCUT2D eigenvalue weighted by atomic mass is 10.5. The SMILES string of the molecule is N=C1N(N)CCN1CCO[P+](=O)O. The van der Waals surface area contributed by atoms with E-state index in [-0.39, 0.29) is 12.6 Å². The molecule has 0 aromatic heterocycles. The van der Waals surface area contributed by atoms with Gasteiger partial charge in [0.25, 0.3) is 0 Å². The Bertz CT molecular complexity index is 224. The molecule has 1 atom stereocenters. The van der Waals surface area contributed by atoms with Crippen molar-refractivity contribution in [1.82, 2.24) is 9.91 Å². The van der Waals surface area contributed by atoms with Crippen LogP contribution in [0, 0.1) is 5.41 Å². The maximum absolute atomic E-state index is 10.1. The minimum absolute atomic E-state index is 0.127. The third-order valence-corrected chi connectivity index (χ3v) is 2.15. The van der Waals surface area contributed by atoms with Crippen LogP contribution in [0.4, 0.5) is 0 Å². The number of nitrogens with two attached hydrogens (primary N) is 1. The Hall–Kier alpha value is -0.750. The third-order valence-electron chi connectivity index (χ3n) is 1.75. The van der Waals surface area contributed by atoms with Gasteiger partial charge in [0, 0.05) is 17.7 Å². The van der Waals surface area contributed by atoms with Crippen LogP contribution in [0.15, 0.2) is 0 Å². The number of hydrogen-bond acceptors (Lipinski definition) is 4. The van der Waals surface area contributed by atoms with Gasteiger partial charge < -0.3 is 4.90 Å². The predicted molar refractivity (Wildman–Crippen MR) is 46.0 cm³/mol. The van der Waals surface area contributed by atoms with E-state index in [2.05, 4.69) is 4.52 Å². The van der Waals surface area contributed by atoms with Gasteiger partial charge in [-0.1, -0.05) is 0 Å². The minimum atomic E-state index is -2.54. The molecule has 0 aromatic rings. The lowest BCUT2D eigenvalue weighted by Crippen LogP contribution is -2.38. The standard InChI is InChI=1S/C5H11N4O3P/c6-5-8(1-2-9(5)7)3-4-12-13(10)11/h6H,1-4,7H2/p+1. The first-order chi connectivity index (χ1) is 6.11. The summed E-state index contributed by atoms with van der Waals surface area (Å²) in [4.78, 5) is 10.0. The Labute approximate surface area is 76.5 Å². The Kier molecular flexibility index (Phi) is 3.56. The molecule has 1 heterocycles. The van der Waals surface area contributed by atoms with Crippen molar-refractivity contribution in [3.63, 3.8) is 0 Å². The van der Waals surface area contributed by atoms with Gasteiger partial charge in [-0.3, -0.25) is 10.4 Å². The van der Waals surface area contributed by atoms with Crippen LogP contribution in [-0.4, -0.2) is 47.0 Å². The van der Waals surface area contributed by atoms with E-state index in [1.165, 1.54) is 5.01 Å². The van der Waals surface area contributed by atoms with Crippen LogP contribution in [0.25, 0.3) is 0 Å². The first-order valence-corrected chi connectivity index (χ1v) is 4.89. The molecule has 1 fully saturated rings. The summed E-state index contributed by atoms with van der Waals surface area (Å²) in [5.74, 6) is 5.64. The Balaban J connectivity index is 2.23. The number of nitrogens with zero attached hydrogens (tertiary/aromatic N) is 2. The lowest BCUT2D eigenvalue weighted by Gasteiger charge is -2.16. The highest BCUT2D eigenvalue weighted by molar-refractivity contribution is 7.32. The van der Waals surface area contributed by atoms with Gasteiger partial charge in [-0.2, -0.15) is 0 Å². The van der Waals surface area contributed by atoms with Crippen molar-refractivity contribution < 1.29 is 14.0 Å². The highest BCUT2D eigenvalue weighted by Gasteiger charge is 2.23. The molecule has 0 saturated carbocycles. The van der Waals surface area contributed by atoms with E-state index in [1.807, 2.05) is 0 Å². The minimum Gasteiger partial charge on any atom is -0.338 e. The number of guanidine groups is 1. The number of hydrogen-bond donors (Lipinski definition) is 3. The zero-order valence-electron chi connectivity index (χ0n) is 7.01. The lowest BCUT2D eigenvalue weighted by molar-refractivity contribution is 0.254. The van der Waals surface area contributed by atoms with Crippen molar-refractivity contribution in [3.05, 3.63) is 0 Å². The van der Waals surface area contributed by atoms with Crippen LogP contribution in [0.3, 0.4) is 0 Å². The van der Waals surface area contributed by atoms with Crippen molar-refractivity contribution in [2.75, 3.05) is 26.2 Å². The summed E-state index contributed by atoms with van der Waals surface area (Å²) in [6.07, 6.45) is 0. The average molecular weight is 207 g/mol. The second-order valence-corrected chi connectivity index (χ2v) is 3.31. The van der Waals surface area contributed by atoms with Crippen molar-refractivity contribution in [2.45, 2.75) is 0 Å². The van der Waals surface area contributed by atoms with Gasteiger partial charge in [-0.25, -0.2) is 5.84 Å². The molecule has 8 heteroatoms. The first-order valence-electron chi connectivity index (χ1n) is 3.76. The Morgan fingerprint density at radius 3 is 2.85 bits per heavy atom. The van der Waals surface area contributed by atoms with Crippen LogP contribution in [0.5, 0.6) is 0 Å². The Morgan fingerprint density at radius 1 is 1.69 bits per heavy atom. The highest BCUT2D eigenvalue weighted by Crippen LogP contribution is 2.14. The van der Waals surface area contributed by atoms with Crippen molar-refractivity contribution in [2.24, 2.45) is 5.84 Å². The molecule has 13 heavy (non-hydrogen) atoms. The van der Waals surface area contributed by atoms with Gasteiger partial charge in [-0.15, -0.1) is 9.42 Å². The molecule has 7 nitrogen and oxygen atoms in total. The highest BCUT2D eigenvalue weighted by atomic mass is 31.1. The number of nitrogens with one attached hydrogen (secondary N) is 1. The molecule has 0 radical (unpaired) electrons. The van der Waals surface area contributed by atoms with Crippen LogP contribution in [0.2, 0.25) is 0 Å². The molecule has 1 aliphatic rings. The molecule has 0 bridgehead atoms. The number of rotatable bonds is 4. The first kappa shape index (κ1) is 10.3. The summed E-state index contributed by atoms with van der Waals surface area (Å²) in [7, 11) is -2.54. The van der Waals surface area contributed by atoms with E-state index in [4.69, 9.17) is 16.1 Å². The second kappa shape index (κ2) is 4.48. The van der Waals surface area contributed by atoms with E-state index in [0.29, 0.717) is 19.6 Å². The van der Waals surface area contributed by atoms with E-state index >= 15 is 0 Å². The fraction of sp³-hybridized carbons (Fsp3) is 0.800. The predicted octanol–water partition coefficient (Wildman–Crippen LogP) is -0.921. The van der Waals surface area contributed by atoms with Crippen LogP contribution < -0.4 is 5.84 Å². The van der Waals surface area contributed by atoms with Crippen LogP contribution in [-0.2, 0) is 9.09 Å². The summed E-state index contributed by atoms with van der Waals surface area (Å²) in [6, 6.07) is 0. The molecule has 0 amide bonds. The summed E-state index contributed by atoms with van der Waals surface area (Å²) >= 11 is 0. The molecule has 1 aliphatic heterocycles. The van der Waals surface area contributed by atoms with Gasteiger partial charge >= 0.3 is 8.25 Å². The number of hydrazine groups is 1. The summed E-state index contributed by atoms with van der Waals surface area (Å²) in [5.41, 5.74) is 0. The molecule has 1 saturated heterocycles. The quantitative estimate of drug-likeness (QED) is 0.407. The zero-order valence-corrected chi connectivity index (χ0v) is 7.91. The van der Waals surface area contributed by atoms with Crippen LogP contribution in [0.1, 0.15) is 0 Å². The average Bonchev–Trinajstić information content (AvgIpc) is 2.35. The molecule has 0 aliphatic carbocycles. The largest absolute Gasteiger partial charge is 0.694 e. The topological polar surface area (TPSA) is 103 Å². The van der Waals surface area contributed by atoms with E-state index in [0.717, 1.165) is 0 Å². The summed E-state index contributed by atoms with van der Waals surface area (Å²) < 4.78 is 14.6. The molecular formula is C5H12N4O3P+. The molecule has 0 aromatic carbocycles. The molecular weight excluding hydrogens is 195 g/mol. The third kappa shape index (κ3) is 2.89. The maximum atomic E-state index is 10.1. The van der Waals surface area contributed by atoms with Gasteiger partial charge in [-0.05, 0) is 0 Å². The molecule has 1 rings (SSSR count). The van der Waals surface area contributed by atoms with E-state index < -0.39 is 8.25 Å². The second-order valence-electron chi connectivity index (χ2n) is 2.58. The molecule has 0 spiro atoms. The van der Waals surface area contributed by atoms with Crippen molar-refractivity contribution in [3.8, 4) is 0 Å². The van der Waals surface area contributed by atoms with Gasteiger partial charge in [0.05, 0.1) is 6.54 Å².